The normalized spacial score (nSPS) is 14.9. The lowest BCUT2D eigenvalue weighted by Crippen LogP contribution is -2.23. The molecular formula is C20H30N6. The summed E-state index contributed by atoms with van der Waals surface area (Å²) in [6.45, 7) is 8.47. The fourth-order valence-electron chi connectivity index (χ4n) is 3.58. The van der Waals surface area contributed by atoms with E-state index in [4.69, 9.17) is 0 Å². The molecule has 6 heteroatoms. The van der Waals surface area contributed by atoms with Gasteiger partial charge in [0.05, 0.1) is 6.20 Å². The number of rotatable bonds is 7. The van der Waals surface area contributed by atoms with Crippen molar-refractivity contribution in [3.63, 3.8) is 0 Å². The molecule has 1 fully saturated rings. The van der Waals surface area contributed by atoms with E-state index in [0.717, 1.165) is 24.6 Å². The van der Waals surface area contributed by atoms with Gasteiger partial charge in [0.25, 0.3) is 0 Å². The van der Waals surface area contributed by atoms with Gasteiger partial charge in [-0.25, -0.2) is 0 Å². The second kappa shape index (κ2) is 8.83. The molecule has 0 radical (unpaired) electrons. The summed E-state index contributed by atoms with van der Waals surface area (Å²) in [5, 5.41) is 15.0. The lowest BCUT2D eigenvalue weighted by Gasteiger charge is -2.23. The SMILES string of the molecule is CCN(CC)c1ccc(Nc2nncc(NC3CCCCC3)n2)c(C)c1. The summed E-state index contributed by atoms with van der Waals surface area (Å²) in [7, 11) is 0. The van der Waals surface area contributed by atoms with E-state index >= 15 is 0 Å². The highest BCUT2D eigenvalue weighted by Gasteiger charge is 2.14. The van der Waals surface area contributed by atoms with Crippen LogP contribution in [0.2, 0.25) is 0 Å². The Hall–Kier alpha value is -2.37. The molecule has 26 heavy (non-hydrogen) atoms. The van der Waals surface area contributed by atoms with Crippen LogP contribution in [0.25, 0.3) is 0 Å². The van der Waals surface area contributed by atoms with Gasteiger partial charge < -0.3 is 15.5 Å². The number of aryl methyl sites for hydroxylation is 1. The van der Waals surface area contributed by atoms with Crippen molar-refractivity contribution < 1.29 is 0 Å². The van der Waals surface area contributed by atoms with Crippen molar-refractivity contribution in [1.29, 1.82) is 0 Å². The fraction of sp³-hybridized carbons (Fsp3) is 0.550. The van der Waals surface area contributed by atoms with Gasteiger partial charge >= 0.3 is 0 Å². The van der Waals surface area contributed by atoms with Crippen molar-refractivity contribution in [3.8, 4) is 0 Å². The van der Waals surface area contributed by atoms with Gasteiger partial charge in [-0.2, -0.15) is 10.1 Å². The summed E-state index contributed by atoms with van der Waals surface area (Å²) in [6, 6.07) is 6.93. The Labute approximate surface area is 156 Å². The van der Waals surface area contributed by atoms with Crippen LogP contribution in [0.4, 0.5) is 23.1 Å². The number of nitrogens with one attached hydrogen (secondary N) is 2. The highest BCUT2D eigenvalue weighted by atomic mass is 15.3. The average Bonchev–Trinajstić information content (AvgIpc) is 2.66. The molecule has 0 amide bonds. The van der Waals surface area contributed by atoms with Crippen molar-refractivity contribution in [3.05, 3.63) is 30.0 Å². The molecule has 1 heterocycles. The maximum atomic E-state index is 4.59. The number of hydrogen-bond donors (Lipinski definition) is 2. The van der Waals surface area contributed by atoms with E-state index in [0.29, 0.717) is 12.0 Å². The third kappa shape index (κ3) is 4.62. The highest BCUT2D eigenvalue weighted by Crippen LogP contribution is 2.25. The topological polar surface area (TPSA) is 66.0 Å². The van der Waals surface area contributed by atoms with E-state index in [1.54, 1.807) is 6.20 Å². The molecule has 1 saturated carbocycles. The first-order valence-corrected chi connectivity index (χ1v) is 9.78. The molecule has 6 nitrogen and oxygen atoms in total. The van der Waals surface area contributed by atoms with Crippen LogP contribution < -0.4 is 15.5 Å². The van der Waals surface area contributed by atoms with Crippen LogP contribution in [-0.4, -0.2) is 34.3 Å². The summed E-state index contributed by atoms with van der Waals surface area (Å²) < 4.78 is 0. The number of nitrogens with zero attached hydrogens (tertiary/aromatic N) is 4. The van der Waals surface area contributed by atoms with Gasteiger partial charge in [-0.1, -0.05) is 19.3 Å². The molecule has 3 rings (SSSR count). The molecular weight excluding hydrogens is 324 g/mol. The van der Waals surface area contributed by atoms with Crippen LogP contribution >= 0.6 is 0 Å². The molecule has 2 aromatic rings. The van der Waals surface area contributed by atoms with E-state index in [-0.39, 0.29) is 0 Å². The van der Waals surface area contributed by atoms with Crippen LogP contribution in [-0.2, 0) is 0 Å². The van der Waals surface area contributed by atoms with Crippen LogP contribution in [0.3, 0.4) is 0 Å². The number of aromatic nitrogens is 3. The number of hydrogen-bond acceptors (Lipinski definition) is 6. The Morgan fingerprint density at radius 3 is 2.58 bits per heavy atom. The van der Waals surface area contributed by atoms with Gasteiger partial charge in [-0.05, 0) is 57.4 Å². The van der Waals surface area contributed by atoms with E-state index in [1.165, 1.54) is 43.4 Å². The van der Waals surface area contributed by atoms with E-state index < -0.39 is 0 Å². The summed E-state index contributed by atoms with van der Waals surface area (Å²) in [4.78, 5) is 6.92. The summed E-state index contributed by atoms with van der Waals surface area (Å²) >= 11 is 0. The minimum Gasteiger partial charge on any atom is -0.372 e. The second-order valence-corrected chi connectivity index (χ2v) is 6.94. The fourth-order valence-corrected chi connectivity index (χ4v) is 3.58. The molecule has 1 aromatic heterocycles. The molecule has 0 aliphatic heterocycles. The maximum absolute atomic E-state index is 4.59. The van der Waals surface area contributed by atoms with Crippen molar-refractivity contribution in [1.82, 2.24) is 15.2 Å². The summed E-state index contributed by atoms with van der Waals surface area (Å²) in [6.07, 6.45) is 8.04. The van der Waals surface area contributed by atoms with Crippen molar-refractivity contribution in [2.45, 2.75) is 58.9 Å². The standard InChI is InChI=1S/C20H30N6/c1-4-26(5-2)17-11-12-18(15(3)13-17)23-20-24-19(14-21-25-20)22-16-9-7-6-8-10-16/h11-14,16H,4-10H2,1-3H3,(H2,22,23,24,25). The van der Waals surface area contributed by atoms with E-state index in [2.05, 4.69) is 69.7 Å². The molecule has 0 atom stereocenters. The first-order valence-electron chi connectivity index (χ1n) is 9.78. The van der Waals surface area contributed by atoms with Crippen molar-refractivity contribution in [2.75, 3.05) is 28.6 Å². The third-order valence-corrected chi connectivity index (χ3v) is 5.10. The lowest BCUT2D eigenvalue weighted by atomic mass is 9.96. The molecule has 0 saturated heterocycles. The molecule has 0 unspecified atom stereocenters. The Kier molecular flexibility index (Phi) is 6.26. The molecule has 2 N–H and O–H groups in total. The minimum absolute atomic E-state index is 0.503. The monoisotopic (exact) mass is 354 g/mol. The average molecular weight is 355 g/mol. The van der Waals surface area contributed by atoms with Gasteiger partial charge in [0.15, 0.2) is 5.82 Å². The Balaban J connectivity index is 1.69. The van der Waals surface area contributed by atoms with Crippen LogP contribution in [0.5, 0.6) is 0 Å². The first kappa shape index (κ1) is 18.4. The summed E-state index contributed by atoms with van der Waals surface area (Å²) in [5.41, 5.74) is 3.42. The van der Waals surface area contributed by atoms with Crippen LogP contribution in [0.15, 0.2) is 24.4 Å². The Morgan fingerprint density at radius 1 is 1.12 bits per heavy atom. The predicted molar refractivity (Wildman–Crippen MR) is 108 cm³/mol. The van der Waals surface area contributed by atoms with Gasteiger partial charge in [0, 0.05) is 30.5 Å². The van der Waals surface area contributed by atoms with Gasteiger partial charge in [-0.15, -0.1) is 5.10 Å². The zero-order valence-electron chi connectivity index (χ0n) is 16.1. The minimum atomic E-state index is 0.503. The molecule has 0 spiro atoms. The van der Waals surface area contributed by atoms with Crippen LogP contribution in [0, 0.1) is 6.92 Å². The molecule has 0 bridgehead atoms. The van der Waals surface area contributed by atoms with Gasteiger partial charge in [0.1, 0.15) is 0 Å². The van der Waals surface area contributed by atoms with E-state index in [1.807, 2.05) is 0 Å². The smallest absolute Gasteiger partial charge is 0.249 e. The van der Waals surface area contributed by atoms with Crippen LogP contribution in [0.1, 0.15) is 51.5 Å². The van der Waals surface area contributed by atoms with Crippen molar-refractivity contribution >= 4 is 23.1 Å². The summed E-state index contributed by atoms with van der Waals surface area (Å²) in [5.74, 6) is 1.33. The zero-order valence-corrected chi connectivity index (χ0v) is 16.1. The van der Waals surface area contributed by atoms with E-state index in [9.17, 15) is 0 Å². The first-order chi connectivity index (χ1) is 12.7. The molecule has 1 aliphatic carbocycles. The predicted octanol–water partition coefficient (Wildman–Crippen LogP) is 4.51. The molecule has 1 aliphatic rings. The number of benzene rings is 1. The second-order valence-electron chi connectivity index (χ2n) is 6.94. The number of anilines is 4. The Morgan fingerprint density at radius 2 is 1.88 bits per heavy atom. The highest BCUT2D eigenvalue weighted by molar-refractivity contribution is 5.64. The molecule has 1 aromatic carbocycles. The maximum Gasteiger partial charge on any atom is 0.249 e. The third-order valence-electron chi connectivity index (χ3n) is 5.10. The van der Waals surface area contributed by atoms with Gasteiger partial charge in [0.2, 0.25) is 5.95 Å². The molecule has 140 valence electrons. The zero-order chi connectivity index (χ0) is 18.4. The Bertz CT molecular complexity index is 707. The largest absolute Gasteiger partial charge is 0.372 e. The van der Waals surface area contributed by atoms with Gasteiger partial charge in [-0.3, -0.25) is 0 Å². The lowest BCUT2D eigenvalue weighted by molar-refractivity contribution is 0.461. The quantitative estimate of drug-likeness (QED) is 0.762. The van der Waals surface area contributed by atoms with Crippen molar-refractivity contribution in [2.24, 2.45) is 0 Å².